The maximum atomic E-state index is 15.1. The third-order valence-corrected chi connectivity index (χ3v) is 5.09. The molecule has 0 radical (unpaired) electrons. The summed E-state index contributed by atoms with van der Waals surface area (Å²) in [5, 5.41) is 2.43. The van der Waals surface area contributed by atoms with Gasteiger partial charge in [-0.3, -0.25) is 4.79 Å². The largest absolute Gasteiger partial charge is 0.494 e. The molecule has 10 nitrogen and oxygen atoms in total. The molecule has 212 valence electrons. The van der Waals surface area contributed by atoms with Gasteiger partial charge in [0.1, 0.15) is 23.7 Å². The molecule has 2 amide bonds. The van der Waals surface area contributed by atoms with E-state index in [0.717, 1.165) is 35.5 Å². The van der Waals surface area contributed by atoms with Gasteiger partial charge in [-0.2, -0.15) is 0 Å². The zero-order chi connectivity index (χ0) is 29.6. The maximum Gasteiger partial charge on any atom is 0.422 e. The number of amides is 2. The Morgan fingerprint density at radius 3 is 2.17 bits per heavy atom. The van der Waals surface area contributed by atoms with Crippen molar-refractivity contribution in [3.8, 4) is 17.2 Å². The number of ether oxygens (including phenoxy) is 4. The van der Waals surface area contributed by atoms with Crippen LogP contribution in [0.25, 0.3) is 0 Å². The fourth-order valence-electron chi connectivity index (χ4n) is 3.33. The zero-order valence-corrected chi connectivity index (χ0v) is 22.4. The lowest BCUT2D eigenvalue weighted by Gasteiger charge is -2.27. The summed E-state index contributed by atoms with van der Waals surface area (Å²) < 4.78 is 65.2. The van der Waals surface area contributed by atoms with E-state index < -0.39 is 52.9 Å². The van der Waals surface area contributed by atoms with Gasteiger partial charge in [0.05, 0.1) is 37.9 Å². The van der Waals surface area contributed by atoms with E-state index in [2.05, 4.69) is 21.9 Å². The van der Waals surface area contributed by atoms with Gasteiger partial charge < -0.3 is 24.3 Å². The molecule has 0 aliphatic carbocycles. The molecule has 0 unspecified atom stereocenters. The molecular formula is C27H27F3N4O6. The number of hydrogen-bond acceptors (Lipinski definition) is 8. The van der Waals surface area contributed by atoms with Crippen LogP contribution in [0.5, 0.6) is 17.2 Å². The highest BCUT2D eigenvalue weighted by Crippen LogP contribution is 2.35. The van der Waals surface area contributed by atoms with Gasteiger partial charge >= 0.3 is 6.09 Å². The van der Waals surface area contributed by atoms with Gasteiger partial charge in [0.2, 0.25) is 11.9 Å². The topological polar surface area (TPSA) is 112 Å². The first-order valence-electron chi connectivity index (χ1n) is 11.7. The quantitative estimate of drug-likeness (QED) is 0.333. The molecule has 1 N–H and O–H groups in total. The predicted molar refractivity (Wildman–Crippen MR) is 139 cm³/mol. The Balaban J connectivity index is 1.98. The van der Waals surface area contributed by atoms with Crippen LogP contribution in [-0.2, 0) is 16.1 Å². The number of hydrogen-bond donors (Lipinski definition) is 1. The molecule has 2 aromatic carbocycles. The van der Waals surface area contributed by atoms with Crippen LogP contribution in [0.4, 0.5) is 35.3 Å². The van der Waals surface area contributed by atoms with Crippen LogP contribution in [0.2, 0.25) is 0 Å². The Bertz CT molecular complexity index is 1380. The molecule has 0 bridgehead atoms. The standard InChI is InChI=1S/C27H27F3N4O6/c1-7-21(35)33-18-10-8-9-17(28)24(18)34(26(36)40-27(2,3)4)25-31-12-15(13-32-25)39-14-16-22(29)19(37-5)11-20(38-6)23(16)30/h7-13H,1,14H2,2-6H3,(H,33,35). The van der Waals surface area contributed by atoms with E-state index in [1.807, 2.05) is 0 Å². The van der Waals surface area contributed by atoms with Gasteiger partial charge in [-0.1, -0.05) is 12.6 Å². The van der Waals surface area contributed by atoms with Crippen molar-refractivity contribution < 1.29 is 41.7 Å². The number of nitrogens with one attached hydrogen (secondary N) is 1. The average molecular weight is 561 g/mol. The van der Waals surface area contributed by atoms with Crippen LogP contribution in [0.1, 0.15) is 26.3 Å². The summed E-state index contributed by atoms with van der Waals surface area (Å²) in [6, 6.07) is 4.82. The molecule has 0 saturated carbocycles. The molecule has 40 heavy (non-hydrogen) atoms. The molecule has 0 spiro atoms. The number of aromatic nitrogens is 2. The lowest BCUT2D eigenvalue weighted by atomic mass is 10.1. The predicted octanol–water partition coefficient (Wildman–Crippen LogP) is 5.69. The van der Waals surface area contributed by atoms with Gasteiger partial charge in [-0.15, -0.1) is 0 Å². The minimum Gasteiger partial charge on any atom is -0.494 e. The van der Waals surface area contributed by atoms with Crippen molar-refractivity contribution in [2.75, 3.05) is 24.4 Å². The Hall–Kier alpha value is -4.81. The van der Waals surface area contributed by atoms with Crippen molar-refractivity contribution in [2.24, 2.45) is 0 Å². The molecule has 1 heterocycles. The summed E-state index contributed by atoms with van der Waals surface area (Å²) in [5.41, 5.74) is -1.93. The second-order valence-corrected chi connectivity index (χ2v) is 9.04. The molecule has 0 saturated heterocycles. The highest BCUT2D eigenvalue weighted by molar-refractivity contribution is 6.05. The molecule has 0 fully saturated rings. The Kier molecular flexibility index (Phi) is 9.19. The van der Waals surface area contributed by atoms with Gasteiger partial charge in [-0.05, 0) is 39.0 Å². The van der Waals surface area contributed by atoms with Gasteiger partial charge in [0.25, 0.3) is 0 Å². The van der Waals surface area contributed by atoms with Crippen LogP contribution < -0.4 is 24.4 Å². The van der Waals surface area contributed by atoms with E-state index in [-0.39, 0.29) is 28.9 Å². The third-order valence-electron chi connectivity index (χ3n) is 5.09. The summed E-state index contributed by atoms with van der Waals surface area (Å²) in [4.78, 5) is 34.0. The van der Waals surface area contributed by atoms with E-state index in [1.165, 1.54) is 26.4 Å². The maximum absolute atomic E-state index is 15.1. The van der Waals surface area contributed by atoms with Crippen molar-refractivity contribution in [1.29, 1.82) is 0 Å². The van der Waals surface area contributed by atoms with Crippen molar-refractivity contribution in [2.45, 2.75) is 33.0 Å². The molecule has 3 aromatic rings. The molecule has 0 atom stereocenters. The lowest BCUT2D eigenvalue weighted by molar-refractivity contribution is -0.111. The first kappa shape index (κ1) is 29.7. The van der Waals surface area contributed by atoms with Crippen molar-refractivity contribution in [3.63, 3.8) is 0 Å². The number of carbonyl (C=O) groups is 2. The van der Waals surface area contributed by atoms with Crippen LogP contribution >= 0.6 is 0 Å². The monoisotopic (exact) mass is 560 g/mol. The third kappa shape index (κ3) is 6.79. The van der Waals surface area contributed by atoms with E-state index >= 15 is 4.39 Å². The number of anilines is 3. The first-order valence-corrected chi connectivity index (χ1v) is 11.7. The summed E-state index contributed by atoms with van der Waals surface area (Å²) in [7, 11) is 2.43. The lowest BCUT2D eigenvalue weighted by Crippen LogP contribution is -2.35. The van der Waals surface area contributed by atoms with Gasteiger partial charge in [0.15, 0.2) is 28.9 Å². The van der Waals surface area contributed by atoms with Gasteiger partial charge in [0, 0.05) is 6.07 Å². The number of benzene rings is 2. The number of halogens is 3. The van der Waals surface area contributed by atoms with Crippen LogP contribution in [0.3, 0.4) is 0 Å². The van der Waals surface area contributed by atoms with Crippen LogP contribution in [0, 0.1) is 17.5 Å². The van der Waals surface area contributed by atoms with Gasteiger partial charge in [-0.25, -0.2) is 32.8 Å². The van der Waals surface area contributed by atoms with Crippen molar-refractivity contribution >= 4 is 29.3 Å². The Morgan fingerprint density at radius 2 is 1.65 bits per heavy atom. The van der Waals surface area contributed by atoms with E-state index in [1.54, 1.807) is 20.8 Å². The molecule has 1 aromatic heterocycles. The Labute approximate surface area is 228 Å². The van der Waals surface area contributed by atoms with E-state index in [0.29, 0.717) is 0 Å². The summed E-state index contributed by atoms with van der Waals surface area (Å²) in [6.07, 6.45) is 2.14. The second-order valence-electron chi connectivity index (χ2n) is 9.04. The SMILES string of the molecule is C=CC(=O)Nc1cccc(F)c1N(C(=O)OC(C)(C)C)c1ncc(OCc2c(F)c(OC)cc(OC)c2F)cn1. The normalized spacial score (nSPS) is 10.9. The minimum atomic E-state index is -1.05. The highest BCUT2D eigenvalue weighted by atomic mass is 19.1. The van der Waals surface area contributed by atoms with Crippen LogP contribution in [0.15, 0.2) is 49.3 Å². The van der Waals surface area contributed by atoms with Crippen LogP contribution in [-0.4, -0.2) is 41.8 Å². The Morgan fingerprint density at radius 1 is 1.05 bits per heavy atom. The van der Waals surface area contributed by atoms with E-state index in [9.17, 15) is 18.4 Å². The summed E-state index contributed by atoms with van der Waals surface area (Å²) >= 11 is 0. The number of para-hydroxylation sites is 1. The smallest absolute Gasteiger partial charge is 0.422 e. The zero-order valence-electron chi connectivity index (χ0n) is 22.4. The number of nitrogens with zero attached hydrogens (tertiary/aromatic N) is 3. The minimum absolute atomic E-state index is 0.0396. The highest BCUT2D eigenvalue weighted by Gasteiger charge is 2.31. The fraction of sp³-hybridized carbons (Fsp3) is 0.259. The first-order chi connectivity index (χ1) is 18.9. The molecule has 0 aliphatic heterocycles. The number of carbonyl (C=O) groups excluding carboxylic acids is 2. The number of methoxy groups -OCH3 is 2. The second kappa shape index (κ2) is 12.4. The van der Waals surface area contributed by atoms with Crippen molar-refractivity contribution in [3.05, 3.63) is 72.3 Å². The average Bonchev–Trinajstić information content (AvgIpc) is 2.90. The summed E-state index contributed by atoms with van der Waals surface area (Å²) in [5.74, 6) is -4.40. The molecule has 13 heteroatoms. The molecule has 0 aliphatic rings. The molecular weight excluding hydrogens is 533 g/mol. The number of rotatable bonds is 9. The molecule has 3 rings (SSSR count). The fourth-order valence-corrected chi connectivity index (χ4v) is 3.33. The van der Waals surface area contributed by atoms with E-state index in [4.69, 9.17) is 18.9 Å². The van der Waals surface area contributed by atoms with Crippen molar-refractivity contribution in [1.82, 2.24) is 9.97 Å². The summed E-state index contributed by atoms with van der Waals surface area (Å²) in [6.45, 7) is 7.59.